The van der Waals surface area contributed by atoms with Crippen LogP contribution < -0.4 is 10.0 Å². The van der Waals surface area contributed by atoms with Crippen LogP contribution in [0.1, 0.15) is 6.42 Å². The summed E-state index contributed by atoms with van der Waals surface area (Å²) in [4.78, 5) is 12.1. The summed E-state index contributed by atoms with van der Waals surface area (Å²) in [7, 11) is 0. The first kappa shape index (κ1) is 12.5. The Morgan fingerprint density at radius 2 is 1.93 bits per heavy atom. The molecule has 0 radical (unpaired) electrons. The van der Waals surface area contributed by atoms with Gasteiger partial charge in [0.1, 0.15) is 6.09 Å². The van der Waals surface area contributed by atoms with Crippen molar-refractivity contribution in [2.45, 2.75) is 6.42 Å². The number of amides is 1. The number of carboxylic acid groups (broad SMARTS) is 1. The molecule has 82 valence electrons. The van der Waals surface area contributed by atoms with Crippen molar-refractivity contribution in [2.75, 3.05) is 16.8 Å². The van der Waals surface area contributed by atoms with E-state index in [1.165, 1.54) is 4.90 Å². The summed E-state index contributed by atoms with van der Waals surface area (Å²) in [6.07, 6.45) is -0.414. The zero-order valence-electron chi connectivity index (χ0n) is 7.95. The van der Waals surface area contributed by atoms with Crippen LogP contribution >= 0.6 is 31.9 Å². The number of rotatable bonds is 4. The summed E-state index contributed by atoms with van der Waals surface area (Å²) in [6.45, 7) is 0.440. The lowest BCUT2D eigenvalue weighted by Crippen LogP contribution is -2.42. The van der Waals surface area contributed by atoms with Gasteiger partial charge in [0.25, 0.3) is 0 Å². The van der Waals surface area contributed by atoms with Gasteiger partial charge in [0.05, 0.1) is 0 Å². The van der Waals surface area contributed by atoms with Crippen molar-refractivity contribution >= 4 is 43.6 Å². The van der Waals surface area contributed by atoms with Gasteiger partial charge >= 0.3 is 0 Å². The highest BCUT2D eigenvalue weighted by atomic mass is 79.9. The summed E-state index contributed by atoms with van der Waals surface area (Å²) in [5.74, 6) is 0. The molecule has 1 rings (SSSR count). The van der Waals surface area contributed by atoms with Gasteiger partial charge in [0.2, 0.25) is 0 Å². The monoisotopic (exact) mass is 334 g/mol. The molecule has 5 heteroatoms. The summed E-state index contributed by atoms with van der Waals surface area (Å²) in [5, 5.41) is 11.6. The van der Waals surface area contributed by atoms with E-state index in [0.717, 1.165) is 16.2 Å². The summed E-state index contributed by atoms with van der Waals surface area (Å²) in [6, 6.07) is 7.10. The second kappa shape index (κ2) is 6.12. The molecular formula is C10H10Br2NO2-. The van der Waals surface area contributed by atoms with Crippen LogP contribution in [0.3, 0.4) is 0 Å². The lowest BCUT2D eigenvalue weighted by molar-refractivity contribution is -0.246. The maximum atomic E-state index is 10.9. The number of carbonyl (C=O) groups excluding carboxylic acids is 1. The lowest BCUT2D eigenvalue weighted by Gasteiger charge is -2.24. The van der Waals surface area contributed by atoms with Gasteiger partial charge in [-0.3, -0.25) is 0 Å². The zero-order valence-corrected chi connectivity index (χ0v) is 11.1. The van der Waals surface area contributed by atoms with Crippen LogP contribution in [0.2, 0.25) is 0 Å². The molecule has 0 saturated heterocycles. The van der Waals surface area contributed by atoms with E-state index in [4.69, 9.17) is 0 Å². The maximum Gasteiger partial charge on any atom is 0.141 e. The third-order valence-corrected chi connectivity index (χ3v) is 2.96. The second-order valence-corrected chi connectivity index (χ2v) is 4.65. The number of benzene rings is 1. The average Bonchev–Trinajstić information content (AvgIpc) is 2.21. The minimum atomic E-state index is -1.17. The minimum absolute atomic E-state index is 0.440. The number of anilines is 1. The highest BCUT2D eigenvalue weighted by molar-refractivity contribution is 9.10. The van der Waals surface area contributed by atoms with Crippen molar-refractivity contribution in [2.24, 2.45) is 0 Å². The van der Waals surface area contributed by atoms with Gasteiger partial charge in [-0.15, -0.1) is 0 Å². The molecule has 0 bridgehead atoms. The second-order valence-electron chi connectivity index (χ2n) is 2.94. The van der Waals surface area contributed by atoms with Crippen molar-refractivity contribution in [1.29, 1.82) is 0 Å². The molecular weight excluding hydrogens is 326 g/mol. The van der Waals surface area contributed by atoms with Crippen LogP contribution in [0.4, 0.5) is 10.5 Å². The van der Waals surface area contributed by atoms with Crippen molar-refractivity contribution in [3.8, 4) is 0 Å². The molecule has 0 unspecified atom stereocenters. The summed E-state index contributed by atoms with van der Waals surface area (Å²) in [5.41, 5.74) is 0.638. The Morgan fingerprint density at radius 1 is 1.33 bits per heavy atom. The van der Waals surface area contributed by atoms with Crippen LogP contribution in [-0.2, 0) is 0 Å². The van der Waals surface area contributed by atoms with Gasteiger partial charge in [-0.05, 0) is 30.7 Å². The Balaban J connectivity index is 2.79. The maximum absolute atomic E-state index is 10.9. The Morgan fingerprint density at radius 3 is 2.40 bits per heavy atom. The molecule has 1 aromatic rings. The highest BCUT2D eigenvalue weighted by Crippen LogP contribution is 2.18. The van der Waals surface area contributed by atoms with Crippen LogP contribution in [0.25, 0.3) is 0 Å². The number of hydrogen-bond acceptors (Lipinski definition) is 2. The Bertz CT molecular complexity index is 327. The predicted molar refractivity (Wildman–Crippen MR) is 65.3 cm³/mol. The van der Waals surface area contributed by atoms with Gasteiger partial charge < -0.3 is 14.8 Å². The van der Waals surface area contributed by atoms with Gasteiger partial charge in [-0.25, -0.2) is 0 Å². The van der Waals surface area contributed by atoms with Crippen molar-refractivity contribution < 1.29 is 9.90 Å². The molecule has 0 fully saturated rings. The molecule has 0 spiro atoms. The van der Waals surface area contributed by atoms with E-state index < -0.39 is 6.09 Å². The minimum Gasteiger partial charge on any atom is -0.530 e. The molecule has 0 aliphatic carbocycles. The fourth-order valence-electron chi connectivity index (χ4n) is 1.16. The van der Waals surface area contributed by atoms with E-state index in [0.29, 0.717) is 12.2 Å². The summed E-state index contributed by atoms with van der Waals surface area (Å²) >= 11 is 6.56. The number of hydrogen-bond donors (Lipinski definition) is 0. The van der Waals surface area contributed by atoms with Crippen molar-refractivity contribution in [3.05, 3.63) is 28.7 Å². The third-order valence-electron chi connectivity index (χ3n) is 1.87. The highest BCUT2D eigenvalue weighted by Gasteiger charge is 2.06. The van der Waals surface area contributed by atoms with Crippen molar-refractivity contribution in [1.82, 2.24) is 0 Å². The molecule has 0 aliphatic heterocycles. The van der Waals surface area contributed by atoms with E-state index in [2.05, 4.69) is 31.9 Å². The van der Waals surface area contributed by atoms with Crippen LogP contribution in [0.15, 0.2) is 28.7 Å². The molecule has 1 amide bonds. The fraction of sp³-hybridized carbons (Fsp3) is 0.300. The molecule has 0 N–H and O–H groups in total. The van der Waals surface area contributed by atoms with Gasteiger partial charge in [0, 0.05) is 22.0 Å². The number of halogens is 2. The SMILES string of the molecule is O=C([O-])N(CCCBr)c1ccc(Br)cc1. The Labute approximate surface area is 105 Å². The van der Waals surface area contributed by atoms with Gasteiger partial charge in [0.15, 0.2) is 0 Å². The van der Waals surface area contributed by atoms with E-state index in [-0.39, 0.29) is 0 Å². The molecule has 0 aliphatic rings. The molecule has 0 heterocycles. The summed E-state index contributed by atoms with van der Waals surface area (Å²) < 4.78 is 0.921. The largest absolute Gasteiger partial charge is 0.530 e. The zero-order chi connectivity index (χ0) is 11.3. The van der Waals surface area contributed by atoms with E-state index in [1.54, 1.807) is 24.3 Å². The van der Waals surface area contributed by atoms with Gasteiger partial charge in [-0.2, -0.15) is 0 Å². The van der Waals surface area contributed by atoms with Crippen LogP contribution in [-0.4, -0.2) is 18.0 Å². The van der Waals surface area contributed by atoms with E-state index in [9.17, 15) is 9.90 Å². The Hall–Kier alpha value is -0.550. The Kier molecular flexibility index (Phi) is 5.11. The third kappa shape index (κ3) is 3.83. The van der Waals surface area contributed by atoms with Crippen molar-refractivity contribution in [3.63, 3.8) is 0 Å². The normalized spacial score (nSPS) is 10.0. The molecule has 0 aromatic heterocycles. The van der Waals surface area contributed by atoms with Gasteiger partial charge in [-0.1, -0.05) is 31.9 Å². The smallest absolute Gasteiger partial charge is 0.141 e. The molecule has 3 nitrogen and oxygen atoms in total. The molecule has 15 heavy (non-hydrogen) atoms. The predicted octanol–water partition coefficient (Wildman–Crippen LogP) is 2.38. The first-order valence-electron chi connectivity index (χ1n) is 4.45. The quantitative estimate of drug-likeness (QED) is 0.793. The number of nitrogens with zero attached hydrogens (tertiary/aromatic N) is 1. The molecule has 0 atom stereocenters. The standard InChI is InChI=1S/C10H11Br2NO2/c11-6-1-7-13(10(14)15)9-4-2-8(12)3-5-9/h2-5H,1,6-7H2,(H,14,15)/p-1. The van der Waals surface area contributed by atoms with Crippen LogP contribution in [0.5, 0.6) is 0 Å². The van der Waals surface area contributed by atoms with E-state index >= 15 is 0 Å². The van der Waals surface area contributed by atoms with Crippen LogP contribution in [0, 0.1) is 0 Å². The number of alkyl halides is 1. The number of carbonyl (C=O) groups is 1. The molecule has 1 aromatic carbocycles. The van der Waals surface area contributed by atoms with E-state index in [1.807, 2.05) is 0 Å². The first-order valence-corrected chi connectivity index (χ1v) is 6.36. The first-order chi connectivity index (χ1) is 7.15. The average molecular weight is 336 g/mol. The fourth-order valence-corrected chi connectivity index (χ4v) is 1.68. The lowest BCUT2D eigenvalue weighted by atomic mass is 10.3. The molecule has 0 saturated carbocycles. The topological polar surface area (TPSA) is 43.4 Å².